The standard InChI is InChI=1S/C26H25NO6/c1-15-10-11-16(2)17(13-15)14-27-23(20-9-6-12-33-20)22(25(29)26(27)30)24(28)21-18(31-3)7-5-8-19(21)32-4/h5-13,23,28H,14H2,1-4H3/b24-22+. The van der Waals surface area contributed by atoms with E-state index in [1.54, 1.807) is 30.3 Å². The molecular formula is C26H25NO6. The first-order valence-electron chi connectivity index (χ1n) is 10.5. The van der Waals surface area contributed by atoms with E-state index in [1.807, 2.05) is 32.0 Å². The van der Waals surface area contributed by atoms with Crippen LogP contribution in [0.15, 0.2) is 64.8 Å². The predicted octanol–water partition coefficient (Wildman–Crippen LogP) is 4.54. The third-order valence-electron chi connectivity index (χ3n) is 5.86. The molecule has 0 radical (unpaired) electrons. The Bertz CT molecular complexity index is 1220. The van der Waals surface area contributed by atoms with Crippen molar-refractivity contribution in [3.8, 4) is 11.5 Å². The molecular weight excluding hydrogens is 422 g/mol. The Morgan fingerprint density at radius 1 is 1.03 bits per heavy atom. The molecule has 4 rings (SSSR count). The Morgan fingerprint density at radius 2 is 1.73 bits per heavy atom. The van der Waals surface area contributed by atoms with Crippen LogP contribution >= 0.6 is 0 Å². The maximum Gasteiger partial charge on any atom is 0.296 e. The highest BCUT2D eigenvalue weighted by Crippen LogP contribution is 2.44. The Labute approximate surface area is 191 Å². The number of methoxy groups -OCH3 is 2. The molecule has 0 spiro atoms. The summed E-state index contributed by atoms with van der Waals surface area (Å²) in [5.41, 5.74) is 3.06. The van der Waals surface area contributed by atoms with E-state index in [0.717, 1.165) is 16.7 Å². The maximum atomic E-state index is 13.2. The highest BCUT2D eigenvalue weighted by atomic mass is 16.5. The molecule has 1 amide bonds. The molecule has 0 bridgehead atoms. The number of Topliss-reactive ketones (excluding diaryl/α,β-unsaturated/α-hetero) is 1. The molecule has 1 N–H and O–H groups in total. The molecule has 170 valence electrons. The van der Waals surface area contributed by atoms with E-state index < -0.39 is 17.7 Å². The summed E-state index contributed by atoms with van der Waals surface area (Å²) < 4.78 is 16.4. The quantitative estimate of drug-likeness (QED) is 0.339. The number of likely N-dealkylation sites (tertiary alicyclic amines) is 1. The van der Waals surface area contributed by atoms with Crippen molar-refractivity contribution < 1.29 is 28.6 Å². The number of carbonyl (C=O) groups is 2. The van der Waals surface area contributed by atoms with Gasteiger partial charge in [0, 0.05) is 6.54 Å². The van der Waals surface area contributed by atoms with E-state index in [1.165, 1.54) is 25.4 Å². The normalized spacial score (nSPS) is 17.5. The van der Waals surface area contributed by atoms with Gasteiger partial charge in [-0.15, -0.1) is 0 Å². The van der Waals surface area contributed by atoms with Gasteiger partial charge < -0.3 is 23.9 Å². The van der Waals surface area contributed by atoms with Crippen molar-refractivity contribution in [2.45, 2.75) is 26.4 Å². The summed E-state index contributed by atoms with van der Waals surface area (Å²) in [6.07, 6.45) is 1.47. The Hall–Kier alpha value is -4.00. The molecule has 1 aromatic heterocycles. The van der Waals surface area contributed by atoms with Crippen molar-refractivity contribution in [1.29, 1.82) is 0 Å². The van der Waals surface area contributed by atoms with E-state index in [0.29, 0.717) is 17.3 Å². The van der Waals surface area contributed by atoms with Gasteiger partial charge in [-0.2, -0.15) is 0 Å². The van der Waals surface area contributed by atoms with Gasteiger partial charge in [0.2, 0.25) is 0 Å². The van der Waals surface area contributed by atoms with Crippen LogP contribution in [0.4, 0.5) is 0 Å². The van der Waals surface area contributed by atoms with Gasteiger partial charge in [0.1, 0.15) is 34.6 Å². The first-order chi connectivity index (χ1) is 15.9. The number of aliphatic hydroxyl groups excluding tert-OH is 1. The van der Waals surface area contributed by atoms with Gasteiger partial charge in [0.25, 0.3) is 11.7 Å². The number of hydrogen-bond acceptors (Lipinski definition) is 6. The number of aryl methyl sites for hydroxylation is 2. The molecule has 2 heterocycles. The molecule has 0 aliphatic carbocycles. The minimum Gasteiger partial charge on any atom is -0.506 e. The van der Waals surface area contributed by atoms with Crippen molar-refractivity contribution in [1.82, 2.24) is 4.90 Å². The SMILES string of the molecule is COc1cccc(OC)c1/C(O)=C1\C(=O)C(=O)N(Cc2cc(C)ccc2C)C1c1ccco1. The van der Waals surface area contributed by atoms with Crippen LogP contribution in [0.5, 0.6) is 11.5 Å². The lowest BCUT2D eigenvalue weighted by Gasteiger charge is -2.24. The zero-order chi connectivity index (χ0) is 23.7. The third-order valence-corrected chi connectivity index (χ3v) is 5.86. The molecule has 1 saturated heterocycles. The Morgan fingerprint density at radius 3 is 2.33 bits per heavy atom. The molecule has 7 heteroatoms. The highest BCUT2D eigenvalue weighted by Gasteiger charge is 2.48. The Kier molecular flexibility index (Phi) is 5.96. The van der Waals surface area contributed by atoms with Crippen molar-refractivity contribution in [2.75, 3.05) is 14.2 Å². The summed E-state index contributed by atoms with van der Waals surface area (Å²) in [4.78, 5) is 27.9. The second-order valence-corrected chi connectivity index (χ2v) is 7.91. The lowest BCUT2D eigenvalue weighted by molar-refractivity contribution is -0.140. The van der Waals surface area contributed by atoms with Crippen molar-refractivity contribution in [3.05, 3.63) is 88.4 Å². The zero-order valence-corrected chi connectivity index (χ0v) is 18.9. The fourth-order valence-corrected chi connectivity index (χ4v) is 4.16. The smallest absolute Gasteiger partial charge is 0.296 e. The van der Waals surface area contributed by atoms with Gasteiger partial charge >= 0.3 is 0 Å². The van der Waals surface area contributed by atoms with Crippen LogP contribution < -0.4 is 9.47 Å². The van der Waals surface area contributed by atoms with Crippen LogP contribution in [0.2, 0.25) is 0 Å². The molecule has 1 aliphatic rings. The number of carbonyl (C=O) groups excluding carboxylic acids is 2. The van der Waals surface area contributed by atoms with E-state index in [2.05, 4.69) is 0 Å². The summed E-state index contributed by atoms with van der Waals surface area (Å²) in [7, 11) is 2.91. The summed E-state index contributed by atoms with van der Waals surface area (Å²) in [5, 5.41) is 11.4. The first-order valence-corrected chi connectivity index (χ1v) is 10.5. The summed E-state index contributed by atoms with van der Waals surface area (Å²) in [6.45, 7) is 4.10. The summed E-state index contributed by atoms with van der Waals surface area (Å²) in [5.74, 6) is -0.904. The van der Waals surface area contributed by atoms with E-state index in [4.69, 9.17) is 13.9 Å². The zero-order valence-electron chi connectivity index (χ0n) is 18.9. The van der Waals surface area contributed by atoms with E-state index >= 15 is 0 Å². The molecule has 33 heavy (non-hydrogen) atoms. The van der Waals surface area contributed by atoms with Crippen LogP contribution in [0.3, 0.4) is 0 Å². The number of nitrogens with zero attached hydrogens (tertiary/aromatic N) is 1. The molecule has 1 fully saturated rings. The number of benzene rings is 2. The summed E-state index contributed by atoms with van der Waals surface area (Å²) in [6, 6.07) is 13.4. The molecule has 1 atom stereocenters. The maximum absolute atomic E-state index is 13.2. The number of amides is 1. The number of ether oxygens (including phenoxy) is 2. The fraction of sp³-hybridized carbons (Fsp3) is 0.231. The number of rotatable bonds is 6. The molecule has 7 nitrogen and oxygen atoms in total. The predicted molar refractivity (Wildman–Crippen MR) is 122 cm³/mol. The van der Waals surface area contributed by atoms with Gasteiger partial charge in [-0.3, -0.25) is 9.59 Å². The van der Waals surface area contributed by atoms with Crippen molar-refractivity contribution in [2.24, 2.45) is 0 Å². The molecule has 1 unspecified atom stereocenters. The van der Waals surface area contributed by atoms with Crippen molar-refractivity contribution in [3.63, 3.8) is 0 Å². The minimum atomic E-state index is -0.908. The van der Waals surface area contributed by atoms with E-state index in [9.17, 15) is 14.7 Å². The minimum absolute atomic E-state index is 0.0805. The monoisotopic (exact) mass is 447 g/mol. The van der Waals surface area contributed by atoms with Gasteiger partial charge in [-0.1, -0.05) is 29.8 Å². The Balaban J connectivity index is 1.91. The van der Waals surface area contributed by atoms with Crippen LogP contribution in [0.1, 0.15) is 34.1 Å². The number of aliphatic hydroxyl groups is 1. The largest absolute Gasteiger partial charge is 0.506 e. The van der Waals surface area contributed by atoms with Gasteiger partial charge in [0.05, 0.1) is 26.1 Å². The summed E-state index contributed by atoms with van der Waals surface area (Å²) >= 11 is 0. The number of ketones is 1. The van der Waals surface area contributed by atoms with Gasteiger partial charge in [0.15, 0.2) is 0 Å². The van der Waals surface area contributed by atoms with Crippen LogP contribution in [-0.4, -0.2) is 35.9 Å². The van der Waals surface area contributed by atoms with Crippen LogP contribution in [0, 0.1) is 13.8 Å². The van der Waals surface area contributed by atoms with Crippen molar-refractivity contribution >= 4 is 17.4 Å². The molecule has 3 aromatic rings. The second kappa shape index (κ2) is 8.86. The number of hydrogen-bond donors (Lipinski definition) is 1. The fourth-order valence-electron chi connectivity index (χ4n) is 4.16. The highest BCUT2D eigenvalue weighted by molar-refractivity contribution is 6.46. The van der Waals surface area contributed by atoms with Gasteiger partial charge in [-0.05, 0) is 49.2 Å². The average molecular weight is 447 g/mol. The van der Waals surface area contributed by atoms with Crippen LogP contribution in [0.25, 0.3) is 5.76 Å². The molecule has 2 aromatic carbocycles. The molecule has 1 aliphatic heterocycles. The lowest BCUT2D eigenvalue weighted by atomic mass is 9.97. The third kappa shape index (κ3) is 3.86. The number of furan rings is 1. The van der Waals surface area contributed by atoms with Gasteiger partial charge in [-0.25, -0.2) is 0 Å². The first kappa shape index (κ1) is 22.2. The molecule has 0 saturated carbocycles. The lowest BCUT2D eigenvalue weighted by Crippen LogP contribution is -2.29. The average Bonchev–Trinajstić information content (AvgIpc) is 3.43. The second-order valence-electron chi connectivity index (χ2n) is 7.91. The topological polar surface area (TPSA) is 89.2 Å². The van der Waals surface area contributed by atoms with E-state index in [-0.39, 0.29) is 23.4 Å². The van der Waals surface area contributed by atoms with Crippen LogP contribution in [-0.2, 0) is 16.1 Å².